The van der Waals surface area contributed by atoms with Crippen LogP contribution < -0.4 is 21.1 Å². The Morgan fingerprint density at radius 3 is 2.68 bits per heavy atom. The molecule has 0 bridgehead atoms. The van der Waals surface area contributed by atoms with Gasteiger partial charge in [0.15, 0.2) is 5.79 Å². The second kappa shape index (κ2) is 12.4. The first-order valence-corrected chi connectivity index (χ1v) is 13.4. The van der Waals surface area contributed by atoms with Crippen molar-refractivity contribution >= 4 is 34.9 Å². The standard InChI is InChI=1S/C26H33N5O6S/c1-17(21-12-18(15-38-21)24(27)28)30-25(34)20-13-26(36-10-11-37-26)16-31(20)23(33)14-29-22(32)8-5-9-35-19-6-3-2-4-7-19/h2-4,6-7,12,15,17,20H,5,8-11,13-14,16H2,1H3,(H3,27,28)(H,29,32)(H,30,34)/t17?,20-/m0/s1. The highest BCUT2D eigenvalue weighted by Gasteiger charge is 2.52. The first-order valence-electron chi connectivity index (χ1n) is 12.5. The second-order valence-corrected chi connectivity index (χ2v) is 10.2. The van der Waals surface area contributed by atoms with E-state index in [0.717, 1.165) is 10.6 Å². The molecule has 38 heavy (non-hydrogen) atoms. The summed E-state index contributed by atoms with van der Waals surface area (Å²) in [5.41, 5.74) is 6.14. The van der Waals surface area contributed by atoms with Crippen LogP contribution in [-0.4, -0.2) is 73.2 Å². The highest BCUT2D eigenvalue weighted by atomic mass is 32.1. The van der Waals surface area contributed by atoms with E-state index in [1.165, 1.54) is 16.2 Å². The molecule has 1 spiro atoms. The molecule has 3 amide bonds. The molecule has 2 aliphatic rings. The van der Waals surface area contributed by atoms with E-state index in [1.807, 2.05) is 37.3 Å². The lowest BCUT2D eigenvalue weighted by Gasteiger charge is -2.25. The number of benzene rings is 1. The fraction of sp³-hybridized carbons (Fsp3) is 0.462. The summed E-state index contributed by atoms with van der Waals surface area (Å²) in [6.07, 6.45) is 0.909. The van der Waals surface area contributed by atoms with E-state index in [0.29, 0.717) is 31.8 Å². The molecule has 0 saturated carbocycles. The number of thiophene rings is 1. The lowest BCUT2D eigenvalue weighted by Crippen LogP contribution is -2.49. The van der Waals surface area contributed by atoms with Crippen LogP contribution in [0.15, 0.2) is 41.8 Å². The molecular weight excluding hydrogens is 510 g/mol. The van der Waals surface area contributed by atoms with Crippen molar-refractivity contribution in [3.05, 3.63) is 52.2 Å². The topological polar surface area (TPSA) is 156 Å². The van der Waals surface area contributed by atoms with Gasteiger partial charge in [0.2, 0.25) is 17.7 Å². The zero-order valence-corrected chi connectivity index (χ0v) is 22.1. The number of ether oxygens (including phenoxy) is 3. The van der Waals surface area contributed by atoms with E-state index in [9.17, 15) is 14.4 Å². The van der Waals surface area contributed by atoms with Crippen LogP contribution in [0, 0.1) is 5.41 Å². The third kappa shape index (κ3) is 6.88. The van der Waals surface area contributed by atoms with E-state index in [-0.39, 0.29) is 49.6 Å². The monoisotopic (exact) mass is 543 g/mol. The Hall–Kier alpha value is -3.48. The van der Waals surface area contributed by atoms with E-state index in [4.69, 9.17) is 25.4 Å². The molecule has 0 aliphatic carbocycles. The number of hydrogen-bond donors (Lipinski definition) is 4. The van der Waals surface area contributed by atoms with Crippen molar-refractivity contribution in [2.75, 3.05) is 32.9 Å². The maximum Gasteiger partial charge on any atom is 0.243 e. The highest BCUT2D eigenvalue weighted by molar-refractivity contribution is 7.10. The molecule has 2 atom stereocenters. The number of amides is 3. The van der Waals surface area contributed by atoms with Gasteiger partial charge in [0, 0.05) is 28.7 Å². The van der Waals surface area contributed by atoms with E-state index in [1.54, 1.807) is 11.4 Å². The smallest absolute Gasteiger partial charge is 0.243 e. The van der Waals surface area contributed by atoms with Crippen LogP contribution in [0.2, 0.25) is 0 Å². The molecule has 1 unspecified atom stereocenters. The van der Waals surface area contributed by atoms with Gasteiger partial charge in [0.05, 0.1) is 39.0 Å². The third-order valence-electron chi connectivity index (χ3n) is 6.44. The highest BCUT2D eigenvalue weighted by Crippen LogP contribution is 2.35. The summed E-state index contributed by atoms with van der Waals surface area (Å²) in [6.45, 7) is 2.85. The molecule has 2 aliphatic heterocycles. The lowest BCUT2D eigenvalue weighted by molar-refractivity contribution is -0.152. The minimum Gasteiger partial charge on any atom is -0.494 e. The molecule has 12 heteroatoms. The van der Waals surface area contributed by atoms with Crippen LogP contribution in [0.5, 0.6) is 5.75 Å². The average molecular weight is 544 g/mol. The summed E-state index contributed by atoms with van der Waals surface area (Å²) in [5.74, 6) is -1.33. The number of para-hydroxylation sites is 1. The van der Waals surface area contributed by atoms with Crippen LogP contribution in [0.25, 0.3) is 0 Å². The fourth-order valence-electron chi connectivity index (χ4n) is 4.45. The zero-order chi connectivity index (χ0) is 27.1. The quantitative estimate of drug-likeness (QED) is 0.190. The Kier molecular flexibility index (Phi) is 8.97. The minimum atomic E-state index is -1.02. The van der Waals surface area contributed by atoms with Crippen LogP contribution in [0.1, 0.15) is 42.7 Å². The van der Waals surface area contributed by atoms with Crippen molar-refractivity contribution in [2.24, 2.45) is 5.73 Å². The molecule has 1 aromatic heterocycles. The van der Waals surface area contributed by atoms with Crippen molar-refractivity contribution in [1.82, 2.24) is 15.5 Å². The number of rotatable bonds is 11. The molecule has 3 heterocycles. The van der Waals surface area contributed by atoms with Gasteiger partial charge in [-0.2, -0.15) is 0 Å². The van der Waals surface area contributed by atoms with Gasteiger partial charge in [0.1, 0.15) is 17.6 Å². The normalized spacial score (nSPS) is 18.8. The number of carbonyl (C=O) groups is 3. The Bertz CT molecular complexity index is 1150. The summed E-state index contributed by atoms with van der Waals surface area (Å²) in [5, 5.41) is 14.9. The molecule has 4 rings (SSSR count). The molecule has 2 saturated heterocycles. The predicted octanol–water partition coefficient (Wildman–Crippen LogP) is 1.53. The fourth-order valence-corrected chi connectivity index (χ4v) is 5.36. The zero-order valence-electron chi connectivity index (χ0n) is 21.2. The van der Waals surface area contributed by atoms with Crippen molar-refractivity contribution < 1.29 is 28.6 Å². The Morgan fingerprint density at radius 2 is 2.00 bits per heavy atom. The van der Waals surface area contributed by atoms with Gasteiger partial charge < -0.3 is 35.5 Å². The summed E-state index contributed by atoms with van der Waals surface area (Å²) in [6, 6.07) is 9.93. The first-order chi connectivity index (χ1) is 18.3. The number of nitrogens with zero attached hydrogens (tertiary/aromatic N) is 1. The Balaban J connectivity index is 1.30. The molecule has 0 radical (unpaired) electrons. The summed E-state index contributed by atoms with van der Waals surface area (Å²) >= 11 is 1.39. The van der Waals surface area contributed by atoms with E-state index in [2.05, 4.69) is 10.6 Å². The SMILES string of the molecule is CC(NC(=O)[C@@H]1CC2(CN1C(=O)CNC(=O)CCCOc1ccccc1)OCCO2)c1cc(C(=N)N)cs1. The largest absolute Gasteiger partial charge is 0.494 e. The van der Waals surface area contributed by atoms with Gasteiger partial charge in [-0.3, -0.25) is 19.8 Å². The number of likely N-dealkylation sites (tertiary alicyclic amines) is 1. The van der Waals surface area contributed by atoms with Crippen LogP contribution >= 0.6 is 11.3 Å². The van der Waals surface area contributed by atoms with Crippen molar-refractivity contribution in [1.29, 1.82) is 5.41 Å². The average Bonchev–Trinajstić information content (AvgIpc) is 3.66. The van der Waals surface area contributed by atoms with Gasteiger partial charge in [-0.25, -0.2) is 0 Å². The van der Waals surface area contributed by atoms with Crippen molar-refractivity contribution in [2.45, 2.75) is 44.1 Å². The van der Waals surface area contributed by atoms with Gasteiger partial charge in [-0.15, -0.1) is 11.3 Å². The van der Waals surface area contributed by atoms with E-state index >= 15 is 0 Å². The molecular formula is C26H33N5O6S. The third-order valence-corrected chi connectivity index (χ3v) is 7.56. The number of nitrogen functional groups attached to an aromatic ring is 1. The summed E-state index contributed by atoms with van der Waals surface area (Å²) in [4.78, 5) is 40.9. The van der Waals surface area contributed by atoms with Gasteiger partial charge >= 0.3 is 0 Å². The van der Waals surface area contributed by atoms with Gasteiger partial charge in [0.25, 0.3) is 0 Å². The number of carbonyl (C=O) groups excluding carboxylic acids is 3. The van der Waals surface area contributed by atoms with Crippen LogP contribution in [-0.2, 0) is 23.9 Å². The number of nitrogens with two attached hydrogens (primary N) is 1. The molecule has 204 valence electrons. The van der Waals surface area contributed by atoms with Gasteiger partial charge in [-0.05, 0) is 31.5 Å². The van der Waals surface area contributed by atoms with Crippen LogP contribution in [0.3, 0.4) is 0 Å². The molecule has 1 aromatic carbocycles. The molecule has 2 aromatic rings. The predicted molar refractivity (Wildman–Crippen MR) is 141 cm³/mol. The lowest BCUT2D eigenvalue weighted by atomic mass is 10.1. The molecule has 5 N–H and O–H groups in total. The minimum absolute atomic E-state index is 0.0400. The number of nitrogens with one attached hydrogen (secondary N) is 3. The number of amidine groups is 1. The Labute approximate surface area is 225 Å². The second-order valence-electron chi connectivity index (χ2n) is 9.27. The first kappa shape index (κ1) is 27.6. The number of hydrogen-bond acceptors (Lipinski definition) is 8. The molecule has 11 nitrogen and oxygen atoms in total. The summed E-state index contributed by atoms with van der Waals surface area (Å²) in [7, 11) is 0. The van der Waals surface area contributed by atoms with E-state index < -0.39 is 17.7 Å². The Morgan fingerprint density at radius 1 is 1.26 bits per heavy atom. The summed E-state index contributed by atoms with van der Waals surface area (Å²) < 4.78 is 17.1. The molecule has 2 fully saturated rings. The van der Waals surface area contributed by atoms with Crippen molar-refractivity contribution in [3.63, 3.8) is 0 Å². The van der Waals surface area contributed by atoms with Gasteiger partial charge in [-0.1, -0.05) is 18.2 Å². The van der Waals surface area contributed by atoms with Crippen LogP contribution in [0.4, 0.5) is 0 Å². The van der Waals surface area contributed by atoms with Crippen molar-refractivity contribution in [3.8, 4) is 5.75 Å². The maximum atomic E-state index is 13.3. The maximum absolute atomic E-state index is 13.3.